The summed E-state index contributed by atoms with van der Waals surface area (Å²) in [6.45, 7) is 4.52. The van der Waals surface area contributed by atoms with E-state index in [2.05, 4.69) is 12.2 Å². The molecule has 1 amide bonds. The minimum Gasteiger partial charge on any atom is -0.370 e. The zero-order chi connectivity index (χ0) is 10.4. The summed E-state index contributed by atoms with van der Waals surface area (Å²) >= 11 is 0. The Balaban J connectivity index is 2.49. The highest BCUT2D eigenvalue weighted by molar-refractivity contribution is 5.73. The quantitative estimate of drug-likeness (QED) is 0.693. The van der Waals surface area contributed by atoms with E-state index < -0.39 is 0 Å². The molecule has 0 saturated heterocycles. The average molecular weight is 195 g/mol. The molecule has 1 rings (SSSR count). The molecule has 0 aliphatic heterocycles. The SMILES string of the molecule is CCNCc1cccn1CCC(N)=O. The molecule has 0 atom stereocenters. The smallest absolute Gasteiger partial charge is 0.219 e. The van der Waals surface area contributed by atoms with Crippen LogP contribution in [0.5, 0.6) is 0 Å². The van der Waals surface area contributed by atoms with Crippen molar-refractivity contribution < 1.29 is 4.79 Å². The normalized spacial score (nSPS) is 10.4. The minimum atomic E-state index is -0.256. The fraction of sp³-hybridized carbons (Fsp3) is 0.500. The van der Waals surface area contributed by atoms with E-state index >= 15 is 0 Å². The van der Waals surface area contributed by atoms with Crippen molar-refractivity contribution in [2.75, 3.05) is 6.54 Å². The first kappa shape index (κ1) is 10.8. The van der Waals surface area contributed by atoms with Crippen LogP contribution in [0.3, 0.4) is 0 Å². The number of carbonyl (C=O) groups is 1. The van der Waals surface area contributed by atoms with E-state index in [-0.39, 0.29) is 5.91 Å². The van der Waals surface area contributed by atoms with E-state index in [1.165, 1.54) is 5.69 Å². The lowest BCUT2D eigenvalue weighted by molar-refractivity contribution is -0.118. The molecule has 1 aromatic heterocycles. The van der Waals surface area contributed by atoms with Gasteiger partial charge in [0.25, 0.3) is 0 Å². The Morgan fingerprint density at radius 3 is 3.07 bits per heavy atom. The number of hydrogen-bond acceptors (Lipinski definition) is 2. The summed E-state index contributed by atoms with van der Waals surface area (Å²) in [5.41, 5.74) is 6.28. The fourth-order valence-electron chi connectivity index (χ4n) is 1.31. The molecule has 0 aromatic carbocycles. The number of nitrogens with zero attached hydrogens (tertiary/aromatic N) is 1. The molecule has 78 valence electrons. The van der Waals surface area contributed by atoms with Crippen LogP contribution < -0.4 is 11.1 Å². The second kappa shape index (κ2) is 5.44. The fourth-order valence-corrected chi connectivity index (χ4v) is 1.31. The van der Waals surface area contributed by atoms with Gasteiger partial charge < -0.3 is 15.6 Å². The summed E-state index contributed by atoms with van der Waals surface area (Å²) < 4.78 is 2.05. The molecular formula is C10H17N3O. The molecule has 1 aromatic rings. The average Bonchev–Trinajstić information content (AvgIpc) is 2.58. The van der Waals surface area contributed by atoms with Gasteiger partial charge in [-0.2, -0.15) is 0 Å². The van der Waals surface area contributed by atoms with Gasteiger partial charge >= 0.3 is 0 Å². The molecule has 0 bridgehead atoms. The Morgan fingerprint density at radius 1 is 1.64 bits per heavy atom. The van der Waals surface area contributed by atoms with Crippen LogP contribution in [0.4, 0.5) is 0 Å². The van der Waals surface area contributed by atoms with E-state index in [9.17, 15) is 4.79 Å². The number of amides is 1. The molecule has 0 unspecified atom stereocenters. The first-order chi connectivity index (χ1) is 6.74. The molecule has 4 heteroatoms. The highest BCUT2D eigenvalue weighted by Gasteiger charge is 2.01. The topological polar surface area (TPSA) is 60.1 Å². The van der Waals surface area contributed by atoms with Crippen molar-refractivity contribution in [2.24, 2.45) is 5.73 Å². The Labute approximate surface area is 84.1 Å². The third kappa shape index (κ3) is 3.22. The number of rotatable bonds is 6. The predicted molar refractivity (Wildman–Crippen MR) is 55.6 cm³/mol. The number of aromatic nitrogens is 1. The van der Waals surface area contributed by atoms with Crippen LogP contribution in [0.15, 0.2) is 18.3 Å². The monoisotopic (exact) mass is 195 g/mol. The molecule has 0 aliphatic carbocycles. The Kier molecular flexibility index (Phi) is 4.19. The van der Waals surface area contributed by atoms with E-state index in [4.69, 9.17) is 5.73 Å². The van der Waals surface area contributed by atoms with Crippen molar-refractivity contribution in [2.45, 2.75) is 26.4 Å². The van der Waals surface area contributed by atoms with Gasteiger partial charge in [0.05, 0.1) is 0 Å². The highest BCUT2D eigenvalue weighted by atomic mass is 16.1. The summed E-state index contributed by atoms with van der Waals surface area (Å²) in [6, 6.07) is 4.03. The standard InChI is InChI=1S/C10H17N3O/c1-2-12-8-9-4-3-6-13(9)7-5-10(11)14/h3-4,6,12H,2,5,7-8H2,1H3,(H2,11,14). The molecule has 0 radical (unpaired) electrons. The van der Waals surface area contributed by atoms with Gasteiger partial charge in [-0.1, -0.05) is 6.92 Å². The van der Waals surface area contributed by atoms with Crippen LogP contribution in [0.2, 0.25) is 0 Å². The molecular weight excluding hydrogens is 178 g/mol. The van der Waals surface area contributed by atoms with Crippen LogP contribution in [0, 0.1) is 0 Å². The summed E-state index contributed by atoms with van der Waals surface area (Å²) in [5, 5.41) is 3.24. The van der Waals surface area contributed by atoms with Gasteiger partial charge in [-0.15, -0.1) is 0 Å². The third-order valence-corrected chi connectivity index (χ3v) is 2.08. The van der Waals surface area contributed by atoms with Gasteiger partial charge in [-0.05, 0) is 18.7 Å². The molecule has 14 heavy (non-hydrogen) atoms. The number of carbonyl (C=O) groups excluding carboxylic acids is 1. The van der Waals surface area contributed by atoms with Gasteiger partial charge in [0.1, 0.15) is 0 Å². The summed E-state index contributed by atoms with van der Waals surface area (Å²) in [5.74, 6) is -0.256. The molecule has 1 heterocycles. The number of nitrogens with two attached hydrogens (primary N) is 1. The Bertz CT molecular complexity index is 293. The van der Waals surface area contributed by atoms with Gasteiger partial charge in [0.15, 0.2) is 0 Å². The first-order valence-electron chi connectivity index (χ1n) is 4.87. The molecule has 0 spiro atoms. The number of aryl methyl sites for hydroxylation is 1. The Hall–Kier alpha value is -1.29. The van der Waals surface area contributed by atoms with Crippen molar-refractivity contribution in [3.8, 4) is 0 Å². The lowest BCUT2D eigenvalue weighted by atomic mass is 10.3. The molecule has 0 aliphatic rings. The zero-order valence-corrected chi connectivity index (χ0v) is 8.49. The zero-order valence-electron chi connectivity index (χ0n) is 8.49. The molecule has 4 nitrogen and oxygen atoms in total. The first-order valence-corrected chi connectivity index (χ1v) is 4.87. The van der Waals surface area contributed by atoms with E-state index in [0.29, 0.717) is 13.0 Å². The summed E-state index contributed by atoms with van der Waals surface area (Å²) in [4.78, 5) is 10.6. The van der Waals surface area contributed by atoms with E-state index in [1.54, 1.807) is 0 Å². The minimum absolute atomic E-state index is 0.256. The van der Waals surface area contributed by atoms with Crippen molar-refractivity contribution in [1.82, 2.24) is 9.88 Å². The van der Waals surface area contributed by atoms with Gasteiger partial charge in [0.2, 0.25) is 5.91 Å². The van der Waals surface area contributed by atoms with Crippen LogP contribution in [-0.2, 0) is 17.9 Å². The van der Waals surface area contributed by atoms with Crippen molar-refractivity contribution in [1.29, 1.82) is 0 Å². The third-order valence-electron chi connectivity index (χ3n) is 2.08. The van der Waals surface area contributed by atoms with Crippen molar-refractivity contribution >= 4 is 5.91 Å². The maximum atomic E-state index is 10.6. The van der Waals surface area contributed by atoms with Crippen LogP contribution in [0.1, 0.15) is 19.0 Å². The van der Waals surface area contributed by atoms with Crippen molar-refractivity contribution in [3.63, 3.8) is 0 Å². The maximum absolute atomic E-state index is 10.6. The summed E-state index contributed by atoms with van der Waals surface area (Å²) in [6.07, 6.45) is 2.36. The lowest BCUT2D eigenvalue weighted by Crippen LogP contribution is -2.18. The van der Waals surface area contributed by atoms with Crippen molar-refractivity contribution in [3.05, 3.63) is 24.0 Å². The number of nitrogens with one attached hydrogen (secondary N) is 1. The maximum Gasteiger partial charge on any atom is 0.219 e. The van der Waals surface area contributed by atoms with Crippen LogP contribution >= 0.6 is 0 Å². The predicted octanol–water partition coefficient (Wildman–Crippen LogP) is 0.473. The van der Waals surface area contributed by atoms with Crippen LogP contribution in [-0.4, -0.2) is 17.0 Å². The van der Waals surface area contributed by atoms with Gasteiger partial charge in [0, 0.05) is 31.4 Å². The molecule has 0 fully saturated rings. The van der Waals surface area contributed by atoms with Gasteiger partial charge in [-0.3, -0.25) is 4.79 Å². The number of hydrogen-bond donors (Lipinski definition) is 2. The molecule has 3 N–H and O–H groups in total. The van der Waals surface area contributed by atoms with Crippen LogP contribution in [0.25, 0.3) is 0 Å². The Morgan fingerprint density at radius 2 is 2.43 bits per heavy atom. The second-order valence-corrected chi connectivity index (χ2v) is 3.19. The largest absolute Gasteiger partial charge is 0.370 e. The summed E-state index contributed by atoms with van der Waals surface area (Å²) in [7, 11) is 0. The van der Waals surface area contributed by atoms with E-state index in [1.807, 2.05) is 22.9 Å². The second-order valence-electron chi connectivity index (χ2n) is 3.19. The van der Waals surface area contributed by atoms with E-state index in [0.717, 1.165) is 13.1 Å². The van der Waals surface area contributed by atoms with Gasteiger partial charge in [-0.25, -0.2) is 0 Å². The highest BCUT2D eigenvalue weighted by Crippen LogP contribution is 2.02. The molecule has 0 saturated carbocycles. The number of primary amides is 1. The lowest BCUT2D eigenvalue weighted by Gasteiger charge is -2.07.